The summed E-state index contributed by atoms with van der Waals surface area (Å²) in [5.41, 5.74) is 16.2. The van der Waals surface area contributed by atoms with Crippen LogP contribution in [0.25, 0.3) is 89.3 Å². The first-order valence-corrected chi connectivity index (χ1v) is 20.0. The standard InChI is InChI=1S/C55H34N2O2/c1-3-18-43(19-4-1)55(44-20-5-2-6-21-44)47-34-39(26-27-45(47)46-32-37-14-7-8-15-38(37)33-48(46)55)35-16-13-17-36(28-35)40-29-41(53-56-49-22-9-11-24-51(49)58-53)31-42(30-40)54-57-50-23-10-12-25-52(50)59-54/h1-34H. The SMILES string of the molecule is c1ccc(C2(c3ccccc3)c3cc(-c4cccc(-c5cc(-c6nc7ccccc7o6)cc(-c6nc7ccccc7o6)c5)c4)ccc3-c3cc4ccccc4cc32)cc1. The molecule has 0 aliphatic heterocycles. The third kappa shape index (κ3) is 5.30. The predicted molar refractivity (Wildman–Crippen MR) is 238 cm³/mol. The van der Waals surface area contributed by atoms with Crippen LogP contribution in [0.2, 0.25) is 0 Å². The van der Waals surface area contributed by atoms with Crippen LogP contribution in [-0.2, 0) is 5.41 Å². The average molecular weight is 755 g/mol. The van der Waals surface area contributed by atoms with Crippen molar-refractivity contribution in [1.29, 1.82) is 0 Å². The molecule has 1 aliphatic rings. The van der Waals surface area contributed by atoms with Gasteiger partial charge in [0.25, 0.3) is 0 Å². The minimum absolute atomic E-state index is 0.521. The highest BCUT2D eigenvalue weighted by Gasteiger charge is 2.46. The molecule has 0 fully saturated rings. The summed E-state index contributed by atoms with van der Waals surface area (Å²) in [4.78, 5) is 9.75. The Labute approximate surface area is 340 Å². The number of nitrogens with zero attached hydrogens (tertiary/aromatic N) is 2. The van der Waals surface area contributed by atoms with Gasteiger partial charge in [0.05, 0.1) is 5.41 Å². The van der Waals surface area contributed by atoms with Gasteiger partial charge in [-0.25, -0.2) is 9.97 Å². The summed E-state index contributed by atoms with van der Waals surface area (Å²) >= 11 is 0. The molecule has 4 heteroatoms. The van der Waals surface area contributed by atoms with Gasteiger partial charge in [-0.2, -0.15) is 0 Å². The summed E-state index contributed by atoms with van der Waals surface area (Å²) in [5.74, 6) is 1.09. The van der Waals surface area contributed by atoms with Crippen LogP contribution in [-0.4, -0.2) is 9.97 Å². The molecule has 2 aromatic heterocycles. The van der Waals surface area contributed by atoms with Gasteiger partial charge in [-0.1, -0.05) is 140 Å². The smallest absolute Gasteiger partial charge is 0.227 e. The van der Waals surface area contributed by atoms with E-state index in [-0.39, 0.29) is 0 Å². The molecule has 2 heterocycles. The van der Waals surface area contributed by atoms with Crippen molar-refractivity contribution in [3.05, 3.63) is 229 Å². The molecule has 0 saturated heterocycles. The second-order valence-electron chi connectivity index (χ2n) is 15.3. The van der Waals surface area contributed by atoms with E-state index in [1.807, 2.05) is 48.5 Å². The number of oxazole rings is 2. The molecule has 0 unspecified atom stereocenters. The summed E-state index contributed by atoms with van der Waals surface area (Å²) in [7, 11) is 0. The van der Waals surface area contributed by atoms with Gasteiger partial charge in [0.15, 0.2) is 11.2 Å². The van der Waals surface area contributed by atoms with E-state index in [2.05, 4.69) is 158 Å². The Morgan fingerprint density at radius 3 is 1.41 bits per heavy atom. The van der Waals surface area contributed by atoms with E-state index in [1.165, 1.54) is 44.2 Å². The zero-order chi connectivity index (χ0) is 38.9. The maximum atomic E-state index is 6.31. The third-order valence-corrected chi connectivity index (χ3v) is 12.0. The van der Waals surface area contributed by atoms with Gasteiger partial charge < -0.3 is 8.83 Å². The first kappa shape index (κ1) is 33.3. The number of hydrogen-bond acceptors (Lipinski definition) is 4. The lowest BCUT2D eigenvalue weighted by molar-refractivity contribution is 0.617. The lowest BCUT2D eigenvalue weighted by Gasteiger charge is -2.34. The maximum Gasteiger partial charge on any atom is 0.227 e. The number of para-hydroxylation sites is 4. The Bertz CT molecular complexity index is 3200. The number of fused-ring (bicyclic) bond motifs is 6. The Kier molecular flexibility index (Phi) is 7.41. The second kappa shape index (κ2) is 13.1. The van der Waals surface area contributed by atoms with Crippen molar-refractivity contribution in [2.24, 2.45) is 0 Å². The van der Waals surface area contributed by atoms with Crippen LogP contribution in [0.1, 0.15) is 22.3 Å². The monoisotopic (exact) mass is 754 g/mol. The molecular formula is C55H34N2O2. The fraction of sp³-hybridized carbons (Fsp3) is 0.0182. The maximum absolute atomic E-state index is 6.31. The Hall–Kier alpha value is -7.82. The van der Waals surface area contributed by atoms with E-state index < -0.39 is 5.41 Å². The van der Waals surface area contributed by atoms with Gasteiger partial charge in [0.2, 0.25) is 11.8 Å². The van der Waals surface area contributed by atoms with Crippen LogP contribution >= 0.6 is 0 Å². The van der Waals surface area contributed by atoms with Crippen LogP contribution < -0.4 is 0 Å². The lowest BCUT2D eigenvalue weighted by Crippen LogP contribution is -2.28. The summed E-state index contributed by atoms with van der Waals surface area (Å²) < 4.78 is 12.6. The molecule has 0 bridgehead atoms. The number of rotatable bonds is 6. The zero-order valence-electron chi connectivity index (χ0n) is 31.8. The number of hydrogen-bond donors (Lipinski definition) is 0. The largest absolute Gasteiger partial charge is 0.436 e. The minimum atomic E-state index is -0.521. The highest BCUT2D eigenvalue weighted by atomic mass is 16.4. The fourth-order valence-corrected chi connectivity index (χ4v) is 9.26. The average Bonchev–Trinajstić information content (AvgIpc) is 4.02. The lowest BCUT2D eigenvalue weighted by atomic mass is 9.67. The fourth-order valence-electron chi connectivity index (χ4n) is 9.26. The van der Waals surface area contributed by atoms with E-state index in [4.69, 9.17) is 18.8 Å². The second-order valence-corrected chi connectivity index (χ2v) is 15.3. The molecule has 1 aliphatic carbocycles. The van der Waals surface area contributed by atoms with Gasteiger partial charge in [-0.15, -0.1) is 0 Å². The van der Waals surface area contributed by atoms with Crippen LogP contribution in [0.3, 0.4) is 0 Å². The molecule has 0 spiro atoms. The van der Waals surface area contributed by atoms with Crippen LogP contribution in [0.15, 0.2) is 215 Å². The summed E-state index contributed by atoms with van der Waals surface area (Å²) in [6.07, 6.45) is 0. The Morgan fingerprint density at radius 1 is 0.322 bits per heavy atom. The molecule has 0 saturated carbocycles. The molecule has 4 nitrogen and oxygen atoms in total. The van der Waals surface area contributed by atoms with Crippen molar-refractivity contribution < 1.29 is 8.83 Å². The van der Waals surface area contributed by atoms with Gasteiger partial charge >= 0.3 is 0 Å². The molecular weight excluding hydrogens is 721 g/mol. The van der Waals surface area contributed by atoms with Crippen molar-refractivity contribution in [2.45, 2.75) is 5.41 Å². The molecule has 0 N–H and O–H groups in total. The van der Waals surface area contributed by atoms with Crippen molar-refractivity contribution in [3.8, 4) is 56.3 Å². The first-order chi connectivity index (χ1) is 29.2. The van der Waals surface area contributed by atoms with E-state index in [0.717, 1.165) is 55.6 Å². The van der Waals surface area contributed by atoms with Gasteiger partial charge in [-0.05, 0) is 133 Å². The van der Waals surface area contributed by atoms with Crippen molar-refractivity contribution >= 4 is 33.0 Å². The molecule has 0 amide bonds. The van der Waals surface area contributed by atoms with E-state index in [0.29, 0.717) is 11.8 Å². The summed E-state index contributed by atoms with van der Waals surface area (Å²) in [6.45, 7) is 0. The molecule has 276 valence electrons. The molecule has 12 rings (SSSR count). The molecule has 0 atom stereocenters. The normalized spacial score (nSPS) is 12.9. The van der Waals surface area contributed by atoms with Gasteiger partial charge in [-0.3, -0.25) is 0 Å². The highest BCUT2D eigenvalue weighted by molar-refractivity contribution is 5.97. The molecule has 9 aromatic carbocycles. The van der Waals surface area contributed by atoms with Gasteiger partial charge in [0, 0.05) is 11.1 Å². The third-order valence-electron chi connectivity index (χ3n) is 12.0. The van der Waals surface area contributed by atoms with E-state index in [1.54, 1.807) is 0 Å². The highest BCUT2D eigenvalue weighted by Crippen LogP contribution is 2.57. The molecule has 59 heavy (non-hydrogen) atoms. The first-order valence-electron chi connectivity index (χ1n) is 20.0. The van der Waals surface area contributed by atoms with Crippen molar-refractivity contribution in [2.75, 3.05) is 0 Å². The van der Waals surface area contributed by atoms with E-state index >= 15 is 0 Å². The minimum Gasteiger partial charge on any atom is -0.436 e. The predicted octanol–water partition coefficient (Wildman–Crippen LogP) is 14.2. The Morgan fingerprint density at radius 2 is 0.797 bits per heavy atom. The van der Waals surface area contributed by atoms with Crippen LogP contribution in [0.5, 0.6) is 0 Å². The van der Waals surface area contributed by atoms with E-state index in [9.17, 15) is 0 Å². The quantitative estimate of drug-likeness (QED) is 0.170. The number of benzene rings is 9. The van der Waals surface area contributed by atoms with Crippen LogP contribution in [0.4, 0.5) is 0 Å². The van der Waals surface area contributed by atoms with Crippen molar-refractivity contribution in [1.82, 2.24) is 9.97 Å². The summed E-state index contributed by atoms with van der Waals surface area (Å²) in [6, 6.07) is 73.4. The number of aromatic nitrogens is 2. The van der Waals surface area contributed by atoms with Crippen molar-refractivity contribution in [3.63, 3.8) is 0 Å². The molecule has 0 radical (unpaired) electrons. The molecule has 11 aromatic rings. The topological polar surface area (TPSA) is 52.1 Å². The van der Waals surface area contributed by atoms with Gasteiger partial charge in [0.1, 0.15) is 11.0 Å². The van der Waals surface area contributed by atoms with Crippen LogP contribution in [0, 0.1) is 0 Å². The summed E-state index contributed by atoms with van der Waals surface area (Å²) in [5, 5.41) is 2.48. The Balaban J connectivity index is 1.04. The zero-order valence-corrected chi connectivity index (χ0v) is 31.8.